The van der Waals surface area contributed by atoms with E-state index in [9.17, 15) is 4.57 Å². The second-order valence-corrected chi connectivity index (χ2v) is 10.5. The van der Waals surface area contributed by atoms with Crippen LogP contribution in [0.2, 0.25) is 0 Å². The number of hydrogen-bond donors (Lipinski definition) is 2. The van der Waals surface area contributed by atoms with Gasteiger partial charge in [0.15, 0.2) is 0 Å². The summed E-state index contributed by atoms with van der Waals surface area (Å²) in [6.07, 6.45) is 0.741. The van der Waals surface area contributed by atoms with Crippen LogP contribution in [-0.4, -0.2) is 35.0 Å². The van der Waals surface area contributed by atoms with Gasteiger partial charge in [-0.05, 0) is 91.0 Å². The summed E-state index contributed by atoms with van der Waals surface area (Å²) < 4.78 is 22.0. The quantitative estimate of drug-likeness (QED) is 0.175. The van der Waals surface area contributed by atoms with Gasteiger partial charge >= 0.3 is 7.82 Å². The first-order valence-electron chi connectivity index (χ1n) is 12.1. The number of rotatable bonds is 10. The maximum Gasteiger partial charge on any atom is 0.524 e. The molecular weight excluding hydrogens is 473 g/mol. The Balaban J connectivity index is 2.10. The van der Waals surface area contributed by atoms with Crippen molar-refractivity contribution in [3.8, 4) is 11.5 Å². The predicted octanol–water partition coefficient (Wildman–Crippen LogP) is 6.94. The summed E-state index contributed by atoms with van der Waals surface area (Å²) in [5, 5.41) is 0. The Morgan fingerprint density at radius 3 is 1.69 bits per heavy atom. The molecule has 1 unspecified atom stereocenters. The highest BCUT2D eigenvalue weighted by Crippen LogP contribution is 2.40. The van der Waals surface area contributed by atoms with E-state index in [1.165, 1.54) is 11.1 Å². The highest BCUT2D eigenvalue weighted by Gasteiger charge is 2.18. The van der Waals surface area contributed by atoms with Crippen LogP contribution >= 0.6 is 7.82 Å². The van der Waals surface area contributed by atoms with Crippen molar-refractivity contribution in [2.45, 2.75) is 46.3 Å². The van der Waals surface area contributed by atoms with Crippen molar-refractivity contribution in [1.29, 1.82) is 0 Å². The van der Waals surface area contributed by atoms with Crippen LogP contribution in [0.1, 0.15) is 62.3 Å². The fraction of sp³-hybridized carbons (Fsp3) is 0.310. The zero-order valence-corrected chi connectivity index (χ0v) is 22.7. The molecule has 0 amide bonds. The topological polar surface area (TPSA) is 79.2 Å². The van der Waals surface area contributed by atoms with E-state index >= 15 is 0 Å². The molecule has 192 valence electrons. The summed E-state index contributed by atoms with van der Waals surface area (Å²) in [5.74, 6) is 1.35. The van der Waals surface area contributed by atoms with E-state index in [4.69, 9.17) is 19.0 Å². The van der Waals surface area contributed by atoms with E-state index in [0.29, 0.717) is 5.92 Å². The average molecular weight is 510 g/mol. The van der Waals surface area contributed by atoms with Gasteiger partial charge in [-0.25, -0.2) is 4.57 Å². The van der Waals surface area contributed by atoms with E-state index in [1.807, 2.05) is 62.3 Å². The lowest BCUT2D eigenvalue weighted by molar-refractivity contribution is 0.0815. The van der Waals surface area contributed by atoms with E-state index in [0.717, 1.165) is 34.4 Å². The second-order valence-electron chi connectivity index (χ2n) is 9.30. The fourth-order valence-corrected chi connectivity index (χ4v) is 4.33. The summed E-state index contributed by atoms with van der Waals surface area (Å²) in [6, 6.07) is 23.5. The van der Waals surface area contributed by atoms with Crippen LogP contribution in [0.5, 0.6) is 11.5 Å². The molecule has 1 atom stereocenters. The average Bonchev–Trinajstić information content (AvgIpc) is 2.83. The number of ether oxygens (including phenoxy) is 1. The Kier molecular flexibility index (Phi) is 9.15. The van der Waals surface area contributed by atoms with E-state index in [1.54, 1.807) is 12.1 Å². The number of benzene rings is 3. The largest absolute Gasteiger partial charge is 0.524 e. The number of hydrogen-bond acceptors (Lipinski definition) is 4. The summed E-state index contributed by atoms with van der Waals surface area (Å²) in [4.78, 5) is 20.3. The third kappa shape index (κ3) is 7.31. The van der Waals surface area contributed by atoms with Gasteiger partial charge in [-0.2, -0.15) is 0 Å². The third-order valence-corrected chi connectivity index (χ3v) is 6.57. The van der Waals surface area contributed by atoms with Crippen LogP contribution in [0.25, 0.3) is 11.1 Å². The Bertz CT molecular complexity index is 1210. The molecule has 0 spiro atoms. The Morgan fingerprint density at radius 1 is 0.806 bits per heavy atom. The lowest BCUT2D eigenvalue weighted by Crippen LogP contribution is -2.30. The molecule has 7 heteroatoms. The molecule has 0 aliphatic rings. The summed E-state index contributed by atoms with van der Waals surface area (Å²) in [7, 11) is -0.684. The van der Waals surface area contributed by atoms with Gasteiger partial charge in [-0.15, -0.1) is 0 Å². The first kappa shape index (κ1) is 27.7. The first-order valence-corrected chi connectivity index (χ1v) is 13.6. The molecule has 0 aromatic heterocycles. The number of nitrogens with zero attached hydrogens (tertiary/aromatic N) is 1. The van der Waals surface area contributed by atoms with Gasteiger partial charge in [0.25, 0.3) is 0 Å². The molecule has 0 saturated heterocycles. The molecule has 6 nitrogen and oxygen atoms in total. The van der Waals surface area contributed by atoms with Crippen molar-refractivity contribution in [1.82, 2.24) is 4.90 Å². The van der Waals surface area contributed by atoms with Crippen molar-refractivity contribution >= 4 is 19.0 Å². The van der Waals surface area contributed by atoms with Gasteiger partial charge in [0.1, 0.15) is 17.7 Å². The van der Waals surface area contributed by atoms with Crippen molar-refractivity contribution in [3.05, 3.63) is 95.1 Å². The van der Waals surface area contributed by atoms with E-state index in [2.05, 4.69) is 45.0 Å². The summed E-state index contributed by atoms with van der Waals surface area (Å²) in [5.41, 5.74) is 6.58. The minimum absolute atomic E-state index is 0.0573. The van der Waals surface area contributed by atoms with Gasteiger partial charge in [-0.3, -0.25) is 14.7 Å². The smallest absolute Gasteiger partial charge is 0.475 e. The molecule has 0 aliphatic heterocycles. The molecule has 3 aromatic carbocycles. The fourth-order valence-electron chi connectivity index (χ4n) is 3.93. The zero-order chi connectivity index (χ0) is 26.5. The van der Waals surface area contributed by atoms with Crippen LogP contribution in [0, 0.1) is 0 Å². The highest BCUT2D eigenvalue weighted by atomic mass is 31.2. The van der Waals surface area contributed by atoms with E-state index < -0.39 is 7.82 Å². The maximum absolute atomic E-state index is 11.3. The molecule has 3 rings (SSSR count). The Labute approximate surface area is 214 Å². The molecular formula is C29H36NO5P. The SMILES string of the molecule is CC/C(=C(/c1ccc(OC(C)N(C)C)cc1)c1ccc(OP(=O)(O)O)cc1)c1ccc(C(C)C)cc1. The van der Waals surface area contributed by atoms with Crippen molar-refractivity contribution < 1.29 is 23.6 Å². The maximum atomic E-state index is 11.3. The first-order chi connectivity index (χ1) is 17.0. The van der Waals surface area contributed by atoms with Gasteiger partial charge in [0.05, 0.1) is 0 Å². The lowest BCUT2D eigenvalue weighted by atomic mass is 9.87. The molecule has 3 aromatic rings. The van der Waals surface area contributed by atoms with Gasteiger partial charge in [0.2, 0.25) is 0 Å². The Morgan fingerprint density at radius 2 is 1.28 bits per heavy atom. The zero-order valence-electron chi connectivity index (χ0n) is 21.8. The minimum atomic E-state index is -4.62. The van der Waals surface area contributed by atoms with Gasteiger partial charge in [0, 0.05) is 0 Å². The number of allylic oxidation sites excluding steroid dienone is 1. The van der Waals surface area contributed by atoms with Crippen molar-refractivity contribution in [2.75, 3.05) is 14.1 Å². The van der Waals surface area contributed by atoms with E-state index in [-0.39, 0.29) is 12.0 Å². The normalized spacial score (nSPS) is 13.5. The lowest BCUT2D eigenvalue weighted by Gasteiger charge is -2.22. The summed E-state index contributed by atoms with van der Waals surface area (Å²) in [6.45, 7) is 8.49. The van der Waals surface area contributed by atoms with Crippen LogP contribution in [0.4, 0.5) is 0 Å². The Hall–Kier alpha value is -2.89. The van der Waals surface area contributed by atoms with Crippen molar-refractivity contribution in [2.24, 2.45) is 0 Å². The van der Waals surface area contributed by atoms with Crippen LogP contribution in [-0.2, 0) is 4.57 Å². The van der Waals surface area contributed by atoms with Crippen LogP contribution < -0.4 is 9.26 Å². The minimum Gasteiger partial charge on any atom is -0.475 e. The number of phosphoric ester groups is 1. The standard InChI is InChI=1S/C29H36NO5P/c1-7-28(23-10-8-22(9-11-23)20(2)3)29(25-14-18-27(19-15-25)35-36(31,32)33)24-12-16-26(17-13-24)34-21(4)30(5)6/h8-21H,7H2,1-6H3,(H2,31,32,33)/b29-28+. The predicted molar refractivity (Wildman–Crippen MR) is 146 cm³/mol. The van der Waals surface area contributed by atoms with Crippen LogP contribution in [0.15, 0.2) is 72.8 Å². The summed E-state index contributed by atoms with van der Waals surface area (Å²) >= 11 is 0. The molecule has 0 bridgehead atoms. The second kappa shape index (κ2) is 11.9. The molecule has 0 radical (unpaired) electrons. The monoisotopic (exact) mass is 509 g/mol. The molecule has 36 heavy (non-hydrogen) atoms. The molecule has 2 N–H and O–H groups in total. The molecule has 0 fully saturated rings. The van der Waals surface area contributed by atoms with Crippen molar-refractivity contribution in [3.63, 3.8) is 0 Å². The van der Waals surface area contributed by atoms with Crippen LogP contribution in [0.3, 0.4) is 0 Å². The van der Waals surface area contributed by atoms with Gasteiger partial charge < -0.3 is 9.26 Å². The molecule has 0 aliphatic carbocycles. The third-order valence-electron chi connectivity index (χ3n) is 6.13. The van der Waals surface area contributed by atoms with Gasteiger partial charge in [-0.1, -0.05) is 69.3 Å². The molecule has 0 saturated carbocycles. The highest BCUT2D eigenvalue weighted by molar-refractivity contribution is 7.46. The molecule has 0 heterocycles. The number of phosphoric acid groups is 1.